The van der Waals surface area contributed by atoms with E-state index in [1.165, 1.54) is 6.07 Å². The van der Waals surface area contributed by atoms with Gasteiger partial charge in [0.2, 0.25) is 0 Å². The molecule has 1 aromatic heterocycles. The van der Waals surface area contributed by atoms with Gasteiger partial charge in [-0.2, -0.15) is 0 Å². The van der Waals surface area contributed by atoms with Crippen molar-refractivity contribution in [2.45, 2.75) is 4.21 Å². The van der Waals surface area contributed by atoms with Crippen LogP contribution in [0.3, 0.4) is 0 Å². The first kappa shape index (κ1) is 12.0. The fourth-order valence-corrected chi connectivity index (χ4v) is 3.08. The molecule has 90 valence electrons. The molecule has 0 saturated heterocycles. The Morgan fingerprint density at radius 3 is 2.47 bits per heavy atom. The highest BCUT2D eigenvalue weighted by molar-refractivity contribution is 7.96. The quantitative estimate of drug-likeness (QED) is 0.861. The highest BCUT2D eigenvalue weighted by Crippen LogP contribution is 2.30. The molecule has 0 atom stereocenters. The zero-order valence-corrected chi connectivity index (χ0v) is 9.93. The lowest BCUT2D eigenvalue weighted by Gasteiger charge is -2.20. The fraction of sp³-hybridized carbons (Fsp3) is 0. The van der Waals surface area contributed by atoms with E-state index in [0.717, 1.165) is 29.5 Å². The third-order valence-electron chi connectivity index (χ3n) is 1.88. The Kier molecular flexibility index (Phi) is 3.12. The van der Waals surface area contributed by atoms with Gasteiger partial charge in [0.05, 0.1) is 0 Å². The molecule has 2 rings (SSSR count). The Labute approximate surface area is 101 Å². The Hall–Kier alpha value is -1.47. The van der Waals surface area contributed by atoms with Gasteiger partial charge in [-0.25, -0.2) is 17.2 Å². The molecule has 0 aliphatic heterocycles. The van der Waals surface area contributed by atoms with E-state index >= 15 is 0 Å². The van der Waals surface area contributed by atoms with Crippen LogP contribution in [0.4, 0.5) is 14.5 Å². The molecule has 17 heavy (non-hydrogen) atoms. The zero-order chi connectivity index (χ0) is 12.5. The molecule has 0 radical (unpaired) electrons. The maximum Gasteiger partial charge on any atom is 0.158 e. The van der Waals surface area contributed by atoms with Gasteiger partial charge in [-0.05, 0) is 23.6 Å². The SMILES string of the molecule is O=S(=O)([N-]c1ccc(F)c(F)c1)c1cccs1. The van der Waals surface area contributed by atoms with Crippen LogP contribution < -0.4 is 0 Å². The molecule has 0 aliphatic carbocycles. The number of halogens is 2. The smallest absolute Gasteiger partial charge is 0.158 e. The summed E-state index contributed by atoms with van der Waals surface area (Å²) in [7, 11) is -3.85. The van der Waals surface area contributed by atoms with Crippen LogP contribution in [-0.4, -0.2) is 8.42 Å². The average molecular weight is 274 g/mol. The largest absolute Gasteiger partial charge is 0.572 e. The van der Waals surface area contributed by atoms with Gasteiger partial charge in [0.1, 0.15) is 14.2 Å². The van der Waals surface area contributed by atoms with E-state index < -0.39 is 21.7 Å². The summed E-state index contributed by atoms with van der Waals surface area (Å²) in [5, 5.41) is 1.59. The van der Waals surface area contributed by atoms with Crippen molar-refractivity contribution in [3.8, 4) is 0 Å². The molecule has 0 amide bonds. The third kappa shape index (κ3) is 2.62. The number of sulfonamides is 1. The summed E-state index contributed by atoms with van der Waals surface area (Å²) < 4.78 is 52.4. The summed E-state index contributed by atoms with van der Waals surface area (Å²) in [6.45, 7) is 0. The first-order valence-electron chi connectivity index (χ1n) is 4.45. The van der Waals surface area contributed by atoms with E-state index in [1.807, 2.05) is 0 Å². The molecule has 1 heterocycles. The summed E-state index contributed by atoms with van der Waals surface area (Å²) in [5.74, 6) is -2.18. The van der Waals surface area contributed by atoms with Crippen LogP contribution in [0.25, 0.3) is 4.72 Å². The van der Waals surface area contributed by atoms with Crippen LogP contribution >= 0.6 is 11.3 Å². The summed E-state index contributed by atoms with van der Waals surface area (Å²) in [5.41, 5.74) is -0.141. The average Bonchev–Trinajstić information content (AvgIpc) is 2.77. The first-order valence-corrected chi connectivity index (χ1v) is 6.77. The monoisotopic (exact) mass is 274 g/mol. The highest BCUT2D eigenvalue weighted by Gasteiger charge is 2.06. The van der Waals surface area contributed by atoms with Crippen LogP contribution in [0.1, 0.15) is 0 Å². The summed E-state index contributed by atoms with van der Waals surface area (Å²) in [4.78, 5) is 0. The van der Waals surface area contributed by atoms with Crippen LogP contribution in [0.5, 0.6) is 0 Å². The highest BCUT2D eigenvalue weighted by atomic mass is 32.2. The lowest BCUT2D eigenvalue weighted by Crippen LogP contribution is -1.94. The summed E-state index contributed by atoms with van der Waals surface area (Å²) in [6.07, 6.45) is 0. The minimum Gasteiger partial charge on any atom is -0.572 e. The molecule has 0 aliphatic rings. The van der Waals surface area contributed by atoms with Gasteiger partial charge >= 0.3 is 0 Å². The second-order valence-corrected chi connectivity index (χ2v) is 5.88. The van der Waals surface area contributed by atoms with Gasteiger partial charge in [-0.1, -0.05) is 12.1 Å². The van der Waals surface area contributed by atoms with E-state index in [4.69, 9.17) is 0 Å². The van der Waals surface area contributed by atoms with Crippen molar-refractivity contribution < 1.29 is 17.2 Å². The Morgan fingerprint density at radius 2 is 1.88 bits per heavy atom. The Morgan fingerprint density at radius 1 is 1.12 bits per heavy atom. The molecule has 3 nitrogen and oxygen atoms in total. The fourth-order valence-electron chi connectivity index (χ4n) is 1.14. The number of thiophene rings is 1. The van der Waals surface area contributed by atoms with Gasteiger partial charge in [0.25, 0.3) is 0 Å². The van der Waals surface area contributed by atoms with Crippen molar-refractivity contribution in [3.63, 3.8) is 0 Å². The lowest BCUT2D eigenvalue weighted by atomic mass is 10.3. The van der Waals surface area contributed by atoms with Crippen molar-refractivity contribution >= 4 is 27.0 Å². The molecule has 0 saturated carbocycles. The van der Waals surface area contributed by atoms with Gasteiger partial charge in [-0.3, -0.25) is 0 Å². The molecule has 0 spiro atoms. The van der Waals surface area contributed by atoms with E-state index in [1.54, 1.807) is 11.4 Å². The minimum absolute atomic E-state index is 0.0576. The van der Waals surface area contributed by atoms with Crippen LogP contribution in [0.15, 0.2) is 39.9 Å². The topological polar surface area (TPSA) is 48.2 Å². The van der Waals surface area contributed by atoms with E-state index in [0.29, 0.717) is 0 Å². The maximum atomic E-state index is 12.9. The molecule has 1 aromatic carbocycles. The Bertz CT molecular complexity index is 624. The van der Waals surface area contributed by atoms with Gasteiger partial charge < -0.3 is 4.72 Å². The van der Waals surface area contributed by atoms with Gasteiger partial charge in [0.15, 0.2) is 11.6 Å². The van der Waals surface area contributed by atoms with Gasteiger partial charge in [-0.15, -0.1) is 17.0 Å². The molecule has 7 heteroatoms. The Balaban J connectivity index is 2.30. The molecule has 2 aromatic rings. The van der Waals surface area contributed by atoms with Crippen LogP contribution in [0.2, 0.25) is 0 Å². The number of rotatable bonds is 3. The van der Waals surface area contributed by atoms with Crippen molar-refractivity contribution in [1.29, 1.82) is 0 Å². The summed E-state index contributed by atoms with van der Waals surface area (Å²) in [6, 6.07) is 5.63. The minimum atomic E-state index is -3.85. The molecular formula is C10H6F2NO2S2-. The van der Waals surface area contributed by atoms with Crippen molar-refractivity contribution in [3.05, 3.63) is 52.1 Å². The molecule has 0 bridgehead atoms. The second-order valence-electron chi connectivity index (χ2n) is 3.10. The number of hydrogen-bond donors (Lipinski definition) is 0. The molecule has 0 unspecified atom stereocenters. The normalized spacial score (nSPS) is 11.4. The molecule has 0 N–H and O–H groups in total. The van der Waals surface area contributed by atoms with Crippen molar-refractivity contribution in [1.82, 2.24) is 0 Å². The number of hydrogen-bond acceptors (Lipinski definition) is 3. The second kappa shape index (κ2) is 4.42. The van der Waals surface area contributed by atoms with Crippen molar-refractivity contribution in [2.24, 2.45) is 0 Å². The lowest BCUT2D eigenvalue weighted by molar-refractivity contribution is 0.509. The predicted octanol–water partition coefficient (Wildman–Crippen LogP) is 3.42. The zero-order valence-electron chi connectivity index (χ0n) is 8.30. The third-order valence-corrected chi connectivity index (χ3v) is 4.56. The molecular weight excluding hydrogens is 268 g/mol. The predicted molar refractivity (Wildman–Crippen MR) is 60.9 cm³/mol. The van der Waals surface area contributed by atoms with E-state index in [-0.39, 0.29) is 9.90 Å². The van der Waals surface area contributed by atoms with Crippen LogP contribution in [-0.2, 0) is 10.0 Å². The molecule has 0 fully saturated rings. The van der Waals surface area contributed by atoms with Crippen LogP contribution in [0, 0.1) is 11.6 Å². The van der Waals surface area contributed by atoms with Gasteiger partial charge in [0, 0.05) is 0 Å². The van der Waals surface area contributed by atoms with Crippen molar-refractivity contribution in [2.75, 3.05) is 0 Å². The number of nitrogens with zero attached hydrogens (tertiary/aromatic N) is 1. The van der Waals surface area contributed by atoms with E-state index in [9.17, 15) is 17.2 Å². The maximum absolute atomic E-state index is 12.9. The number of benzene rings is 1. The van der Waals surface area contributed by atoms with E-state index in [2.05, 4.69) is 4.72 Å². The first-order chi connectivity index (χ1) is 7.99. The summed E-state index contributed by atoms with van der Waals surface area (Å²) >= 11 is 1.01. The standard InChI is InChI=1S/C10H6F2NO2S2/c11-8-4-3-7(6-9(8)12)13-17(14,15)10-2-1-5-16-10/h1-6H/q-1.